The molecule has 0 aliphatic heterocycles. The third-order valence-electron chi connectivity index (χ3n) is 1.31. The Bertz CT molecular complexity index is 339. The number of halogens is 3. The molecule has 0 aliphatic carbocycles. The molecule has 0 aliphatic rings. The Labute approximate surface area is 94.9 Å². The molecule has 0 saturated heterocycles. The molecule has 0 fully saturated rings. The van der Waals surface area contributed by atoms with Gasteiger partial charge in [-0.3, -0.25) is 0 Å². The van der Waals surface area contributed by atoms with Crippen molar-refractivity contribution in [3.8, 4) is 0 Å². The average Bonchev–Trinajstić information content (AvgIpc) is 2.11. The fraction of sp³-hybridized carbons (Fsp3) is 0.125. The van der Waals surface area contributed by atoms with E-state index in [9.17, 15) is 0 Å². The lowest BCUT2D eigenvalue weighted by atomic mass is 10.3. The quantitative estimate of drug-likeness (QED) is 0.504. The van der Waals surface area contributed by atoms with Crippen LogP contribution in [0.5, 0.6) is 0 Å². The molecule has 70 valence electrons. The molecule has 5 heteroatoms. The van der Waals surface area contributed by atoms with Crippen LogP contribution in [0.1, 0.15) is 0 Å². The molecule has 0 amide bonds. The number of alkyl halides is 1. The number of rotatable bonds is 2. The maximum Gasteiger partial charge on any atom is 0.115 e. The first-order valence-electron chi connectivity index (χ1n) is 3.47. The van der Waals surface area contributed by atoms with E-state index in [2.05, 4.69) is 20.9 Å². The zero-order valence-electron chi connectivity index (χ0n) is 6.60. The molecule has 0 heterocycles. The van der Waals surface area contributed by atoms with Gasteiger partial charge in [0.25, 0.3) is 0 Å². The van der Waals surface area contributed by atoms with Crippen LogP contribution in [0.15, 0.2) is 27.7 Å². The van der Waals surface area contributed by atoms with Crippen LogP contribution >= 0.6 is 39.1 Å². The van der Waals surface area contributed by atoms with E-state index in [1.165, 1.54) is 0 Å². The van der Waals surface area contributed by atoms with E-state index < -0.39 is 0 Å². The van der Waals surface area contributed by atoms with Gasteiger partial charge in [0.1, 0.15) is 5.84 Å². The minimum Gasteiger partial charge on any atom is -0.386 e. The average molecular weight is 282 g/mol. The largest absolute Gasteiger partial charge is 0.386 e. The summed E-state index contributed by atoms with van der Waals surface area (Å²) in [7, 11) is 0. The van der Waals surface area contributed by atoms with E-state index in [1.807, 2.05) is 6.07 Å². The normalized spacial score (nSPS) is 11.8. The predicted molar refractivity (Wildman–Crippen MR) is 61.2 cm³/mol. The standard InChI is InChI=1S/C8H7BrCl2N2/c9-6-2-1-5(11)3-7(6)13-8(12)4-10/h1-3H,4H2,(H2,12,13). The smallest absolute Gasteiger partial charge is 0.115 e. The minimum absolute atomic E-state index is 0.207. The van der Waals surface area contributed by atoms with E-state index in [0.717, 1.165) is 4.47 Å². The highest BCUT2D eigenvalue weighted by Crippen LogP contribution is 2.28. The summed E-state index contributed by atoms with van der Waals surface area (Å²) < 4.78 is 0.838. The Hall–Kier alpha value is -0.250. The van der Waals surface area contributed by atoms with Crippen LogP contribution in [0.2, 0.25) is 5.02 Å². The summed E-state index contributed by atoms with van der Waals surface area (Å²) in [5, 5.41) is 0.615. The number of hydrogen-bond acceptors (Lipinski definition) is 1. The lowest BCUT2D eigenvalue weighted by molar-refractivity contribution is 1.43. The number of aliphatic imine (C=N–C) groups is 1. The van der Waals surface area contributed by atoms with Crippen LogP contribution in [0, 0.1) is 0 Å². The molecule has 0 spiro atoms. The maximum absolute atomic E-state index is 5.78. The van der Waals surface area contributed by atoms with Gasteiger partial charge in [-0.2, -0.15) is 0 Å². The van der Waals surface area contributed by atoms with Crippen molar-refractivity contribution in [2.75, 3.05) is 5.88 Å². The summed E-state index contributed by atoms with van der Waals surface area (Å²) in [6, 6.07) is 5.29. The molecule has 0 bridgehead atoms. The number of benzene rings is 1. The Morgan fingerprint density at radius 3 is 2.85 bits per heavy atom. The van der Waals surface area contributed by atoms with Crippen LogP contribution in [0.3, 0.4) is 0 Å². The van der Waals surface area contributed by atoms with Gasteiger partial charge >= 0.3 is 0 Å². The second kappa shape index (κ2) is 4.84. The summed E-state index contributed by atoms with van der Waals surface area (Å²) >= 11 is 14.6. The molecule has 0 radical (unpaired) electrons. The summed E-state index contributed by atoms with van der Waals surface area (Å²) in [6.07, 6.45) is 0. The van der Waals surface area contributed by atoms with Gasteiger partial charge in [0.15, 0.2) is 0 Å². The zero-order valence-corrected chi connectivity index (χ0v) is 9.70. The van der Waals surface area contributed by atoms with Gasteiger partial charge in [-0.25, -0.2) is 4.99 Å². The van der Waals surface area contributed by atoms with Crippen molar-refractivity contribution in [2.24, 2.45) is 10.7 Å². The van der Waals surface area contributed by atoms with E-state index in [-0.39, 0.29) is 5.88 Å². The van der Waals surface area contributed by atoms with Crippen molar-refractivity contribution in [2.45, 2.75) is 0 Å². The van der Waals surface area contributed by atoms with Crippen LogP contribution in [0.4, 0.5) is 5.69 Å². The van der Waals surface area contributed by atoms with Gasteiger partial charge in [0, 0.05) is 9.50 Å². The third kappa shape index (κ3) is 3.18. The summed E-state index contributed by atoms with van der Waals surface area (Å²) in [5.74, 6) is 0.573. The highest BCUT2D eigenvalue weighted by molar-refractivity contribution is 9.10. The van der Waals surface area contributed by atoms with Crippen LogP contribution in [-0.4, -0.2) is 11.7 Å². The Kier molecular flexibility index (Phi) is 4.03. The van der Waals surface area contributed by atoms with Crippen molar-refractivity contribution < 1.29 is 0 Å². The van der Waals surface area contributed by atoms with Crippen molar-refractivity contribution >= 4 is 50.7 Å². The highest BCUT2D eigenvalue weighted by Gasteiger charge is 1.99. The first-order valence-corrected chi connectivity index (χ1v) is 5.18. The molecule has 0 aromatic heterocycles. The lowest BCUT2D eigenvalue weighted by Crippen LogP contribution is -2.12. The topological polar surface area (TPSA) is 38.4 Å². The van der Waals surface area contributed by atoms with E-state index in [0.29, 0.717) is 16.5 Å². The summed E-state index contributed by atoms with van der Waals surface area (Å²) in [5.41, 5.74) is 6.16. The Morgan fingerprint density at radius 1 is 1.54 bits per heavy atom. The monoisotopic (exact) mass is 280 g/mol. The second-order valence-electron chi connectivity index (χ2n) is 2.33. The van der Waals surface area contributed by atoms with E-state index >= 15 is 0 Å². The number of hydrogen-bond donors (Lipinski definition) is 1. The fourth-order valence-corrected chi connectivity index (χ4v) is 1.32. The van der Waals surface area contributed by atoms with Crippen molar-refractivity contribution in [1.82, 2.24) is 0 Å². The molecule has 0 atom stereocenters. The molecular formula is C8H7BrCl2N2. The van der Waals surface area contributed by atoms with Crippen LogP contribution in [-0.2, 0) is 0 Å². The zero-order chi connectivity index (χ0) is 9.84. The molecule has 1 aromatic carbocycles. The van der Waals surface area contributed by atoms with E-state index in [4.69, 9.17) is 28.9 Å². The molecule has 2 nitrogen and oxygen atoms in total. The Balaban J connectivity index is 3.07. The van der Waals surface area contributed by atoms with E-state index in [1.54, 1.807) is 12.1 Å². The first kappa shape index (κ1) is 10.8. The minimum atomic E-state index is 0.207. The Morgan fingerprint density at radius 2 is 2.23 bits per heavy atom. The summed E-state index contributed by atoms with van der Waals surface area (Å²) in [4.78, 5) is 4.07. The SMILES string of the molecule is NC(CCl)=Nc1cc(Cl)ccc1Br. The number of amidine groups is 1. The van der Waals surface area contributed by atoms with Gasteiger partial charge < -0.3 is 5.73 Å². The predicted octanol–water partition coefficient (Wildman–Crippen LogP) is 3.33. The van der Waals surface area contributed by atoms with Gasteiger partial charge in [-0.1, -0.05) is 11.6 Å². The van der Waals surface area contributed by atoms with Gasteiger partial charge in [-0.15, -0.1) is 11.6 Å². The molecule has 0 saturated carbocycles. The third-order valence-corrected chi connectivity index (χ3v) is 2.49. The molecule has 2 N–H and O–H groups in total. The molecule has 0 unspecified atom stereocenters. The fourth-order valence-electron chi connectivity index (χ4n) is 0.756. The van der Waals surface area contributed by atoms with Crippen molar-refractivity contribution in [3.05, 3.63) is 27.7 Å². The molecule has 1 rings (SSSR count). The molecular weight excluding hydrogens is 275 g/mol. The van der Waals surface area contributed by atoms with Crippen LogP contribution < -0.4 is 5.73 Å². The maximum atomic E-state index is 5.78. The van der Waals surface area contributed by atoms with Gasteiger partial charge in [-0.05, 0) is 34.1 Å². The van der Waals surface area contributed by atoms with Crippen LogP contribution in [0.25, 0.3) is 0 Å². The first-order chi connectivity index (χ1) is 6.13. The summed E-state index contributed by atoms with van der Waals surface area (Å²) in [6.45, 7) is 0. The van der Waals surface area contributed by atoms with Gasteiger partial charge in [0.2, 0.25) is 0 Å². The second-order valence-corrected chi connectivity index (χ2v) is 3.89. The van der Waals surface area contributed by atoms with Gasteiger partial charge in [0.05, 0.1) is 11.6 Å². The van der Waals surface area contributed by atoms with Crippen molar-refractivity contribution in [1.29, 1.82) is 0 Å². The highest BCUT2D eigenvalue weighted by atomic mass is 79.9. The van der Waals surface area contributed by atoms with Crippen molar-refractivity contribution in [3.63, 3.8) is 0 Å². The number of nitrogens with zero attached hydrogens (tertiary/aromatic N) is 1. The number of nitrogens with two attached hydrogens (primary N) is 1. The molecule has 13 heavy (non-hydrogen) atoms. The molecule has 1 aromatic rings. The lowest BCUT2D eigenvalue weighted by Gasteiger charge is -2.00.